The van der Waals surface area contributed by atoms with Crippen molar-refractivity contribution < 1.29 is 61.2 Å². The molecule has 2 radical (unpaired) electrons. The number of hydrogen-bond acceptors (Lipinski definition) is 0. The molecule has 0 saturated heterocycles. The van der Waals surface area contributed by atoms with Gasteiger partial charge in [0.25, 0.3) is 0 Å². The SMILES string of the molecule is [Ag].[AlH3].[Cu].[Ti]. The molecule has 4 heavy (non-hydrogen) atoms. The first-order valence-electron chi connectivity index (χ1n) is 0. The summed E-state index contributed by atoms with van der Waals surface area (Å²) in [5.41, 5.74) is 0. The second kappa shape index (κ2) is 17.8. The van der Waals surface area contributed by atoms with Gasteiger partial charge in [-0.05, 0) is 0 Å². The van der Waals surface area contributed by atoms with Crippen molar-refractivity contribution >= 4 is 17.4 Å². The van der Waals surface area contributed by atoms with Crippen LogP contribution in [0, 0.1) is 0 Å². The quantitative estimate of drug-likeness (QED) is 0.474. The molecule has 0 unspecified atom stereocenters. The zero-order valence-electron chi connectivity index (χ0n) is 1.10. The zero-order chi connectivity index (χ0) is 0. The Hall–Kier alpha value is 2.51. The van der Waals surface area contributed by atoms with Crippen LogP contribution in [-0.4, -0.2) is 17.4 Å². The summed E-state index contributed by atoms with van der Waals surface area (Å²) < 4.78 is 0. The second-order valence-corrected chi connectivity index (χ2v) is 0. The molecule has 32 valence electrons. The van der Waals surface area contributed by atoms with Crippen molar-refractivity contribution in [1.82, 2.24) is 0 Å². The maximum atomic E-state index is 0. The van der Waals surface area contributed by atoms with E-state index >= 15 is 0 Å². The van der Waals surface area contributed by atoms with E-state index in [0.29, 0.717) is 0 Å². The monoisotopic (exact) mass is 248 g/mol. The van der Waals surface area contributed by atoms with Crippen LogP contribution < -0.4 is 0 Å². The summed E-state index contributed by atoms with van der Waals surface area (Å²) in [4.78, 5) is 0. The van der Waals surface area contributed by atoms with Gasteiger partial charge < -0.3 is 0 Å². The molecule has 0 saturated carbocycles. The van der Waals surface area contributed by atoms with Crippen molar-refractivity contribution in [1.29, 1.82) is 0 Å². The normalized spacial score (nSPS) is 0. The Morgan fingerprint density at radius 1 is 1.00 bits per heavy atom. The summed E-state index contributed by atoms with van der Waals surface area (Å²) >= 11 is 0. The van der Waals surface area contributed by atoms with Gasteiger partial charge in [0.1, 0.15) is 0 Å². The van der Waals surface area contributed by atoms with E-state index in [1.54, 1.807) is 0 Å². The van der Waals surface area contributed by atoms with E-state index in [9.17, 15) is 0 Å². The molecule has 0 aliphatic rings. The molecule has 4 heteroatoms. The molecule has 0 rings (SSSR count). The van der Waals surface area contributed by atoms with Crippen LogP contribution in [0.2, 0.25) is 0 Å². The third kappa shape index (κ3) is 8.82. The van der Waals surface area contributed by atoms with Crippen molar-refractivity contribution in [2.75, 3.05) is 0 Å². The predicted molar refractivity (Wildman–Crippen MR) is 9.94 cm³/mol. The summed E-state index contributed by atoms with van der Waals surface area (Å²) in [6.45, 7) is 0. The van der Waals surface area contributed by atoms with Gasteiger partial charge in [0.05, 0.1) is 0 Å². The fourth-order valence-corrected chi connectivity index (χ4v) is 0. The molecule has 0 amide bonds. The van der Waals surface area contributed by atoms with E-state index in [1.165, 1.54) is 0 Å². The van der Waals surface area contributed by atoms with Gasteiger partial charge in [0.15, 0.2) is 17.4 Å². The zero-order valence-corrected chi connectivity index (χ0v) is 5.09. The van der Waals surface area contributed by atoms with Crippen molar-refractivity contribution in [3.05, 3.63) is 0 Å². The topological polar surface area (TPSA) is 0 Å². The number of rotatable bonds is 0. The smallest absolute Gasteiger partial charge is 0 e. The standard InChI is InChI=1S/Ag.Al.Cu.Ti.3H. The first kappa shape index (κ1) is 31.4. The van der Waals surface area contributed by atoms with Gasteiger partial charge in [-0.25, -0.2) is 0 Å². The van der Waals surface area contributed by atoms with E-state index in [0.717, 1.165) is 0 Å². The molecule has 0 fully saturated rings. The Morgan fingerprint density at radius 2 is 1.00 bits per heavy atom. The van der Waals surface area contributed by atoms with Gasteiger partial charge in [-0.3, -0.25) is 0 Å². The fraction of sp³-hybridized carbons (Fsp3) is 0. The Kier molecular flexibility index (Phi) is 140. The Balaban J connectivity index is 0. The predicted octanol–water partition coefficient (Wildman–Crippen LogP) is -1.19. The molecule has 0 nitrogen and oxygen atoms in total. The first-order valence-corrected chi connectivity index (χ1v) is 0. The van der Waals surface area contributed by atoms with Gasteiger partial charge in [0, 0.05) is 61.2 Å². The Morgan fingerprint density at radius 3 is 1.00 bits per heavy atom. The Labute approximate surface area is 77.5 Å². The van der Waals surface area contributed by atoms with Crippen LogP contribution in [-0.2, 0) is 61.2 Å². The summed E-state index contributed by atoms with van der Waals surface area (Å²) in [6.07, 6.45) is 0. The molecule has 0 bridgehead atoms. The first-order chi connectivity index (χ1) is 0. The Bertz CT molecular complexity index is 8.00. The van der Waals surface area contributed by atoms with Crippen LogP contribution in [0.25, 0.3) is 0 Å². The van der Waals surface area contributed by atoms with Crippen LogP contribution >= 0.6 is 0 Å². The largest absolute Gasteiger partial charge is 0.187 e. The summed E-state index contributed by atoms with van der Waals surface area (Å²) in [7, 11) is 0. The average molecular weight is 249 g/mol. The number of hydrogen-bond donors (Lipinski definition) is 0. The minimum atomic E-state index is 0. The van der Waals surface area contributed by atoms with Crippen molar-refractivity contribution in [3.63, 3.8) is 0 Å². The second-order valence-electron chi connectivity index (χ2n) is 0. The fourth-order valence-electron chi connectivity index (χ4n) is 0. The van der Waals surface area contributed by atoms with Crippen LogP contribution in [0.15, 0.2) is 0 Å². The van der Waals surface area contributed by atoms with Gasteiger partial charge in [-0.1, -0.05) is 0 Å². The maximum absolute atomic E-state index is 0. The minimum absolute atomic E-state index is 0. The van der Waals surface area contributed by atoms with Gasteiger partial charge in [-0.2, -0.15) is 0 Å². The van der Waals surface area contributed by atoms with Gasteiger partial charge in [-0.15, -0.1) is 0 Å². The van der Waals surface area contributed by atoms with Crippen LogP contribution in [0.5, 0.6) is 0 Å². The third-order valence-electron chi connectivity index (χ3n) is 0. The van der Waals surface area contributed by atoms with Crippen molar-refractivity contribution in [2.24, 2.45) is 0 Å². The summed E-state index contributed by atoms with van der Waals surface area (Å²) in [5, 5.41) is 0. The molecule has 0 N–H and O–H groups in total. The molecular weight excluding hydrogens is 246 g/mol. The van der Waals surface area contributed by atoms with Gasteiger partial charge in [0.2, 0.25) is 0 Å². The molecule has 0 atom stereocenters. The average Bonchev–Trinajstić information content (AvgIpc) is 0. The van der Waals surface area contributed by atoms with Crippen LogP contribution in [0.1, 0.15) is 0 Å². The van der Waals surface area contributed by atoms with E-state index in [4.69, 9.17) is 0 Å². The van der Waals surface area contributed by atoms with E-state index in [-0.39, 0.29) is 78.5 Å². The van der Waals surface area contributed by atoms with Gasteiger partial charge >= 0.3 is 0 Å². The summed E-state index contributed by atoms with van der Waals surface area (Å²) in [5.74, 6) is 0. The molecular formula is H3AgAlCuTi. The molecule has 0 aliphatic heterocycles. The van der Waals surface area contributed by atoms with Crippen LogP contribution in [0.4, 0.5) is 0 Å². The van der Waals surface area contributed by atoms with E-state index < -0.39 is 0 Å². The molecule has 0 heterocycles. The molecule has 0 aromatic heterocycles. The van der Waals surface area contributed by atoms with Crippen molar-refractivity contribution in [3.8, 4) is 0 Å². The van der Waals surface area contributed by atoms with E-state index in [2.05, 4.69) is 0 Å². The molecule has 0 aromatic carbocycles. The maximum Gasteiger partial charge on any atom is 0.187 e. The van der Waals surface area contributed by atoms with Crippen LogP contribution in [0.3, 0.4) is 0 Å². The summed E-state index contributed by atoms with van der Waals surface area (Å²) in [6, 6.07) is 0. The minimum Gasteiger partial charge on any atom is 0 e. The van der Waals surface area contributed by atoms with Crippen molar-refractivity contribution in [2.45, 2.75) is 0 Å². The van der Waals surface area contributed by atoms with E-state index in [1.807, 2.05) is 0 Å². The molecule has 0 spiro atoms. The molecule has 0 aromatic rings. The third-order valence-corrected chi connectivity index (χ3v) is 0. The molecule has 0 aliphatic carbocycles.